The third-order valence-corrected chi connectivity index (χ3v) is 3.90. The van der Waals surface area contributed by atoms with Gasteiger partial charge in [0.1, 0.15) is 0 Å². The number of hydrogen-bond acceptors (Lipinski definition) is 2. The molecule has 1 saturated carbocycles. The normalized spacial score (nSPS) is 16.5. The molecule has 0 aliphatic heterocycles. The molecule has 1 aromatic rings. The van der Waals surface area contributed by atoms with E-state index in [4.69, 9.17) is 0 Å². The van der Waals surface area contributed by atoms with E-state index in [2.05, 4.69) is 29.0 Å². The lowest BCUT2D eigenvalue weighted by Gasteiger charge is -2.22. The van der Waals surface area contributed by atoms with Gasteiger partial charge in [-0.05, 0) is 36.3 Å². The van der Waals surface area contributed by atoms with Gasteiger partial charge in [-0.15, -0.1) is 0 Å². The highest BCUT2D eigenvalue weighted by Crippen LogP contribution is 2.32. The third kappa shape index (κ3) is 3.59. The average molecular weight is 246 g/mol. The van der Waals surface area contributed by atoms with Gasteiger partial charge in [0, 0.05) is 6.42 Å². The maximum absolute atomic E-state index is 11.1. The number of ether oxygens (including phenoxy) is 1. The van der Waals surface area contributed by atoms with Crippen molar-refractivity contribution in [2.75, 3.05) is 7.11 Å². The van der Waals surface area contributed by atoms with E-state index < -0.39 is 0 Å². The van der Waals surface area contributed by atoms with Crippen molar-refractivity contribution in [2.24, 2.45) is 0 Å². The maximum Gasteiger partial charge on any atom is 0.305 e. The van der Waals surface area contributed by atoms with Gasteiger partial charge in [-0.25, -0.2) is 0 Å². The molecule has 2 rings (SSSR count). The van der Waals surface area contributed by atoms with Crippen LogP contribution in [0.5, 0.6) is 0 Å². The molecule has 0 radical (unpaired) electrons. The topological polar surface area (TPSA) is 26.3 Å². The van der Waals surface area contributed by atoms with Crippen LogP contribution in [0.15, 0.2) is 24.3 Å². The van der Waals surface area contributed by atoms with E-state index in [1.54, 1.807) is 0 Å². The molecule has 1 aliphatic rings. The van der Waals surface area contributed by atoms with Gasteiger partial charge in [-0.1, -0.05) is 43.5 Å². The molecule has 0 heterocycles. The Morgan fingerprint density at radius 2 is 1.83 bits per heavy atom. The van der Waals surface area contributed by atoms with Gasteiger partial charge in [0.15, 0.2) is 0 Å². The first-order valence-corrected chi connectivity index (χ1v) is 6.95. The minimum absolute atomic E-state index is 0.133. The molecule has 2 heteroatoms. The third-order valence-electron chi connectivity index (χ3n) is 3.90. The molecule has 0 saturated heterocycles. The predicted octanol–water partition coefficient (Wildman–Crippen LogP) is 3.84. The number of carbonyl (C=O) groups excluding carboxylic acids is 1. The van der Waals surface area contributed by atoms with Crippen LogP contribution < -0.4 is 0 Å². The summed E-state index contributed by atoms with van der Waals surface area (Å²) in [4.78, 5) is 11.1. The molecule has 18 heavy (non-hydrogen) atoms. The van der Waals surface area contributed by atoms with Gasteiger partial charge < -0.3 is 4.74 Å². The second-order valence-electron chi connectivity index (χ2n) is 5.15. The van der Waals surface area contributed by atoms with Crippen molar-refractivity contribution < 1.29 is 9.53 Å². The Bertz CT molecular complexity index is 375. The van der Waals surface area contributed by atoms with E-state index in [1.807, 2.05) is 0 Å². The Kier molecular flexibility index (Phi) is 4.80. The fourth-order valence-corrected chi connectivity index (χ4v) is 2.74. The van der Waals surface area contributed by atoms with Crippen LogP contribution in [0, 0.1) is 0 Å². The van der Waals surface area contributed by atoms with Gasteiger partial charge >= 0.3 is 5.97 Å². The molecule has 0 atom stereocenters. The summed E-state index contributed by atoms with van der Waals surface area (Å²) in [6.45, 7) is 0. The Labute approximate surface area is 109 Å². The SMILES string of the molecule is COC(=O)CCc1ccc(C2CCCCC2)cc1. The minimum Gasteiger partial charge on any atom is -0.469 e. The number of esters is 1. The first-order valence-electron chi connectivity index (χ1n) is 6.95. The van der Waals surface area contributed by atoms with Crippen LogP contribution >= 0.6 is 0 Å². The summed E-state index contributed by atoms with van der Waals surface area (Å²) < 4.78 is 4.65. The van der Waals surface area contributed by atoms with Gasteiger partial charge in [-0.2, -0.15) is 0 Å². The summed E-state index contributed by atoms with van der Waals surface area (Å²) >= 11 is 0. The average Bonchev–Trinajstić information content (AvgIpc) is 2.46. The zero-order valence-corrected chi connectivity index (χ0v) is 11.2. The molecule has 1 fully saturated rings. The predicted molar refractivity (Wildman–Crippen MR) is 72.6 cm³/mol. The van der Waals surface area contributed by atoms with Crippen molar-refractivity contribution in [3.05, 3.63) is 35.4 Å². The highest BCUT2D eigenvalue weighted by atomic mass is 16.5. The van der Waals surface area contributed by atoms with Crippen molar-refractivity contribution in [2.45, 2.75) is 50.9 Å². The monoisotopic (exact) mass is 246 g/mol. The first kappa shape index (κ1) is 13.1. The summed E-state index contributed by atoms with van der Waals surface area (Å²) in [7, 11) is 1.44. The lowest BCUT2D eigenvalue weighted by molar-refractivity contribution is -0.140. The molecule has 0 aromatic heterocycles. The molecule has 0 bridgehead atoms. The van der Waals surface area contributed by atoms with E-state index in [1.165, 1.54) is 50.3 Å². The Balaban J connectivity index is 1.90. The van der Waals surface area contributed by atoms with E-state index in [0.29, 0.717) is 6.42 Å². The standard InChI is InChI=1S/C16H22O2/c1-18-16(17)12-9-13-7-10-15(11-8-13)14-5-3-2-4-6-14/h7-8,10-11,14H,2-6,9,12H2,1H3. The van der Waals surface area contributed by atoms with Crippen LogP contribution in [-0.4, -0.2) is 13.1 Å². The zero-order valence-electron chi connectivity index (χ0n) is 11.2. The fourth-order valence-electron chi connectivity index (χ4n) is 2.74. The van der Waals surface area contributed by atoms with Crippen LogP contribution in [0.3, 0.4) is 0 Å². The zero-order chi connectivity index (χ0) is 12.8. The molecule has 1 aliphatic carbocycles. The summed E-state index contributed by atoms with van der Waals surface area (Å²) in [5.74, 6) is 0.625. The molecule has 0 N–H and O–H groups in total. The molecule has 98 valence electrons. The molecule has 0 unspecified atom stereocenters. The van der Waals surface area contributed by atoms with Crippen molar-refractivity contribution in [3.8, 4) is 0 Å². The van der Waals surface area contributed by atoms with Crippen LogP contribution in [0.2, 0.25) is 0 Å². The lowest BCUT2D eigenvalue weighted by atomic mass is 9.84. The maximum atomic E-state index is 11.1. The smallest absolute Gasteiger partial charge is 0.305 e. The van der Waals surface area contributed by atoms with E-state index >= 15 is 0 Å². The van der Waals surface area contributed by atoms with Crippen LogP contribution in [-0.2, 0) is 16.0 Å². The summed E-state index contributed by atoms with van der Waals surface area (Å²) in [5, 5.41) is 0. The second-order valence-corrected chi connectivity index (χ2v) is 5.15. The molecule has 0 spiro atoms. The number of rotatable bonds is 4. The number of hydrogen-bond donors (Lipinski definition) is 0. The Hall–Kier alpha value is -1.31. The largest absolute Gasteiger partial charge is 0.469 e. The highest BCUT2D eigenvalue weighted by Gasteiger charge is 2.15. The number of benzene rings is 1. The van der Waals surface area contributed by atoms with Gasteiger partial charge in [0.2, 0.25) is 0 Å². The molecular weight excluding hydrogens is 224 g/mol. The number of aryl methyl sites for hydroxylation is 1. The van der Waals surface area contributed by atoms with Crippen LogP contribution in [0.4, 0.5) is 0 Å². The van der Waals surface area contributed by atoms with E-state index in [9.17, 15) is 4.79 Å². The van der Waals surface area contributed by atoms with Gasteiger partial charge in [-0.3, -0.25) is 4.79 Å². The first-order chi connectivity index (χ1) is 8.79. The molecular formula is C16H22O2. The number of carbonyl (C=O) groups is 1. The van der Waals surface area contributed by atoms with Crippen molar-refractivity contribution in [1.29, 1.82) is 0 Å². The highest BCUT2D eigenvalue weighted by molar-refractivity contribution is 5.69. The van der Waals surface area contributed by atoms with Gasteiger partial charge in [0.25, 0.3) is 0 Å². The number of methoxy groups -OCH3 is 1. The van der Waals surface area contributed by atoms with Crippen molar-refractivity contribution >= 4 is 5.97 Å². The summed E-state index contributed by atoms with van der Waals surface area (Å²) in [5.41, 5.74) is 2.69. The van der Waals surface area contributed by atoms with Crippen molar-refractivity contribution in [1.82, 2.24) is 0 Å². The van der Waals surface area contributed by atoms with E-state index in [0.717, 1.165) is 12.3 Å². The molecule has 0 amide bonds. The minimum atomic E-state index is -0.133. The second kappa shape index (κ2) is 6.58. The lowest BCUT2D eigenvalue weighted by Crippen LogP contribution is -2.05. The molecule has 1 aromatic carbocycles. The quantitative estimate of drug-likeness (QED) is 0.754. The summed E-state index contributed by atoms with van der Waals surface area (Å²) in [6.07, 6.45) is 8.05. The molecule has 2 nitrogen and oxygen atoms in total. The van der Waals surface area contributed by atoms with E-state index in [-0.39, 0.29) is 5.97 Å². The Morgan fingerprint density at radius 1 is 1.17 bits per heavy atom. The fraction of sp³-hybridized carbons (Fsp3) is 0.562. The summed E-state index contributed by atoms with van der Waals surface area (Å²) in [6, 6.07) is 8.80. The van der Waals surface area contributed by atoms with Crippen LogP contribution in [0.1, 0.15) is 55.6 Å². The van der Waals surface area contributed by atoms with Crippen molar-refractivity contribution in [3.63, 3.8) is 0 Å². The van der Waals surface area contributed by atoms with Gasteiger partial charge in [0.05, 0.1) is 7.11 Å². The van der Waals surface area contributed by atoms with Crippen LogP contribution in [0.25, 0.3) is 0 Å². The Morgan fingerprint density at radius 3 is 2.44 bits per heavy atom.